The van der Waals surface area contributed by atoms with Crippen LogP contribution in [0, 0.1) is 0 Å². The lowest BCUT2D eigenvalue weighted by Gasteiger charge is -2.13. The molecule has 8 heteroatoms. The second-order valence-corrected chi connectivity index (χ2v) is 6.40. The largest absolute Gasteiger partial charge is 0.456 e. The molecule has 3 heterocycles. The number of aryl methyl sites for hydroxylation is 2. The van der Waals surface area contributed by atoms with Crippen LogP contribution in [0.1, 0.15) is 34.7 Å². The number of rotatable bonds is 5. The van der Waals surface area contributed by atoms with Crippen molar-refractivity contribution in [3.8, 4) is 0 Å². The first-order valence-corrected chi connectivity index (χ1v) is 8.68. The Balaban J connectivity index is 1.35. The van der Waals surface area contributed by atoms with Gasteiger partial charge < -0.3 is 20.0 Å². The molecule has 0 atom stereocenters. The molecule has 0 aromatic carbocycles. The number of hydrogen-bond acceptors (Lipinski definition) is 4. The molecular formula is C17H21N5O3. The third-order valence-corrected chi connectivity index (χ3v) is 4.65. The number of hydrogen-bond donors (Lipinski definition) is 2. The van der Waals surface area contributed by atoms with Gasteiger partial charge in [0.2, 0.25) is 0 Å². The van der Waals surface area contributed by atoms with E-state index in [4.69, 9.17) is 4.42 Å². The van der Waals surface area contributed by atoms with Crippen LogP contribution in [0.15, 0.2) is 22.7 Å². The quantitative estimate of drug-likeness (QED) is 0.863. The van der Waals surface area contributed by atoms with Crippen molar-refractivity contribution in [3.05, 3.63) is 35.4 Å². The minimum Gasteiger partial charge on any atom is -0.456 e. The average molecular weight is 343 g/mol. The van der Waals surface area contributed by atoms with Gasteiger partial charge in [0.05, 0.1) is 6.54 Å². The van der Waals surface area contributed by atoms with Crippen LogP contribution in [0.5, 0.6) is 0 Å². The van der Waals surface area contributed by atoms with Crippen LogP contribution < -0.4 is 10.6 Å². The molecule has 2 aromatic rings. The normalized spacial score (nSPS) is 16.6. The Bertz CT molecular complexity index is 771. The number of anilines is 1. The number of nitrogens with zero attached hydrogens (tertiary/aromatic N) is 3. The molecule has 1 aliphatic carbocycles. The van der Waals surface area contributed by atoms with Crippen molar-refractivity contribution in [1.29, 1.82) is 0 Å². The molecule has 0 radical (unpaired) electrons. The molecule has 0 bridgehead atoms. The number of fused-ring (bicyclic) bond motifs is 1. The minimum absolute atomic E-state index is 0.0394. The molecule has 8 nitrogen and oxygen atoms in total. The fourth-order valence-corrected chi connectivity index (χ4v) is 3.28. The number of urea groups is 1. The SMILES string of the molecule is O=C(Nc1ccn(CCN2CCNC2=O)n1)c1cc2c(o1)CCCC2. The molecule has 0 saturated carbocycles. The lowest BCUT2D eigenvalue weighted by atomic mass is 9.99. The van der Waals surface area contributed by atoms with Crippen LogP contribution in [0.2, 0.25) is 0 Å². The van der Waals surface area contributed by atoms with Gasteiger partial charge in [-0.05, 0) is 30.9 Å². The van der Waals surface area contributed by atoms with E-state index in [1.165, 1.54) is 0 Å². The maximum Gasteiger partial charge on any atom is 0.317 e. The Labute approximate surface area is 145 Å². The third-order valence-electron chi connectivity index (χ3n) is 4.65. The van der Waals surface area contributed by atoms with E-state index in [0.717, 1.165) is 37.0 Å². The molecule has 4 rings (SSSR count). The van der Waals surface area contributed by atoms with Crippen molar-refractivity contribution in [2.24, 2.45) is 0 Å². The highest BCUT2D eigenvalue weighted by Gasteiger charge is 2.20. The van der Waals surface area contributed by atoms with Gasteiger partial charge in [-0.2, -0.15) is 5.10 Å². The molecule has 2 N–H and O–H groups in total. The number of carbonyl (C=O) groups is 2. The zero-order chi connectivity index (χ0) is 17.2. The molecule has 132 valence electrons. The monoisotopic (exact) mass is 343 g/mol. The maximum absolute atomic E-state index is 12.3. The number of aromatic nitrogens is 2. The summed E-state index contributed by atoms with van der Waals surface area (Å²) >= 11 is 0. The van der Waals surface area contributed by atoms with E-state index in [-0.39, 0.29) is 11.9 Å². The van der Waals surface area contributed by atoms with Crippen LogP contribution in [0.3, 0.4) is 0 Å². The first-order chi connectivity index (χ1) is 12.2. The van der Waals surface area contributed by atoms with Crippen molar-refractivity contribution in [2.75, 3.05) is 25.0 Å². The lowest BCUT2D eigenvalue weighted by molar-refractivity contribution is 0.0994. The van der Waals surface area contributed by atoms with Gasteiger partial charge in [0, 0.05) is 38.3 Å². The molecule has 2 aliphatic rings. The Kier molecular flexibility index (Phi) is 4.17. The molecule has 25 heavy (non-hydrogen) atoms. The van der Waals surface area contributed by atoms with Crippen molar-refractivity contribution in [3.63, 3.8) is 0 Å². The van der Waals surface area contributed by atoms with Gasteiger partial charge in [0.25, 0.3) is 5.91 Å². The summed E-state index contributed by atoms with van der Waals surface area (Å²) in [5.74, 6) is 1.48. The second-order valence-electron chi connectivity index (χ2n) is 6.40. The van der Waals surface area contributed by atoms with Crippen LogP contribution in [0.25, 0.3) is 0 Å². The van der Waals surface area contributed by atoms with Gasteiger partial charge in [-0.1, -0.05) is 0 Å². The molecule has 0 unspecified atom stereocenters. The van der Waals surface area contributed by atoms with Crippen molar-refractivity contribution >= 4 is 17.8 Å². The molecular weight excluding hydrogens is 322 g/mol. The maximum atomic E-state index is 12.3. The fourth-order valence-electron chi connectivity index (χ4n) is 3.28. The van der Waals surface area contributed by atoms with Gasteiger partial charge in [-0.25, -0.2) is 4.79 Å². The number of nitrogens with one attached hydrogen (secondary N) is 2. The molecule has 3 amide bonds. The summed E-state index contributed by atoms with van der Waals surface area (Å²) in [5, 5.41) is 9.86. The summed E-state index contributed by atoms with van der Waals surface area (Å²) in [6, 6.07) is 3.54. The predicted molar refractivity (Wildman–Crippen MR) is 90.5 cm³/mol. The topological polar surface area (TPSA) is 92.4 Å². The van der Waals surface area contributed by atoms with Crippen LogP contribution >= 0.6 is 0 Å². The van der Waals surface area contributed by atoms with E-state index in [1.807, 2.05) is 6.07 Å². The summed E-state index contributed by atoms with van der Waals surface area (Å²) < 4.78 is 7.39. The molecule has 1 fully saturated rings. The fraction of sp³-hybridized carbons (Fsp3) is 0.471. The summed E-state index contributed by atoms with van der Waals surface area (Å²) in [6.07, 6.45) is 5.93. The number of amides is 3. The van der Waals surface area contributed by atoms with Crippen molar-refractivity contribution in [1.82, 2.24) is 20.0 Å². The van der Waals surface area contributed by atoms with Gasteiger partial charge in [-0.3, -0.25) is 9.48 Å². The first kappa shape index (κ1) is 15.7. The highest BCUT2D eigenvalue weighted by atomic mass is 16.4. The number of carbonyl (C=O) groups excluding carboxylic acids is 2. The summed E-state index contributed by atoms with van der Waals surface area (Å²) in [4.78, 5) is 25.6. The van der Waals surface area contributed by atoms with E-state index in [2.05, 4.69) is 15.7 Å². The van der Waals surface area contributed by atoms with E-state index in [0.29, 0.717) is 37.8 Å². The predicted octanol–water partition coefficient (Wildman–Crippen LogP) is 1.63. The highest BCUT2D eigenvalue weighted by molar-refractivity contribution is 6.01. The molecule has 2 aromatic heterocycles. The van der Waals surface area contributed by atoms with Crippen molar-refractivity contribution in [2.45, 2.75) is 32.2 Å². The van der Waals surface area contributed by atoms with Crippen LogP contribution in [0.4, 0.5) is 10.6 Å². The zero-order valence-electron chi connectivity index (χ0n) is 14.0. The van der Waals surface area contributed by atoms with Crippen LogP contribution in [-0.2, 0) is 19.4 Å². The second kappa shape index (κ2) is 6.62. The zero-order valence-corrected chi connectivity index (χ0v) is 14.0. The smallest absolute Gasteiger partial charge is 0.317 e. The summed E-state index contributed by atoms with van der Waals surface area (Å²) in [6.45, 7) is 2.57. The van der Waals surface area contributed by atoms with E-state index < -0.39 is 0 Å². The van der Waals surface area contributed by atoms with Gasteiger partial charge in [0.1, 0.15) is 5.76 Å². The van der Waals surface area contributed by atoms with E-state index in [9.17, 15) is 9.59 Å². The molecule has 1 saturated heterocycles. The van der Waals surface area contributed by atoms with E-state index in [1.54, 1.807) is 21.8 Å². The summed E-state index contributed by atoms with van der Waals surface area (Å²) in [7, 11) is 0. The van der Waals surface area contributed by atoms with Crippen LogP contribution in [-0.4, -0.2) is 46.3 Å². The summed E-state index contributed by atoms with van der Waals surface area (Å²) in [5.41, 5.74) is 1.14. The Morgan fingerprint density at radius 1 is 1.32 bits per heavy atom. The lowest BCUT2D eigenvalue weighted by Crippen LogP contribution is -2.31. The molecule has 1 aliphatic heterocycles. The first-order valence-electron chi connectivity index (χ1n) is 8.68. The van der Waals surface area contributed by atoms with Crippen molar-refractivity contribution < 1.29 is 14.0 Å². The standard InChI is InChI=1S/C17H21N5O3/c23-16(14-11-12-3-1-2-4-13(12)25-14)19-15-5-7-22(20-15)10-9-21-8-6-18-17(21)24/h5,7,11H,1-4,6,8-10H2,(H,18,24)(H,19,20,23). The Morgan fingerprint density at radius 2 is 2.20 bits per heavy atom. The number of furan rings is 1. The van der Waals surface area contributed by atoms with Gasteiger partial charge in [-0.15, -0.1) is 0 Å². The Morgan fingerprint density at radius 3 is 3.00 bits per heavy atom. The Hall–Kier alpha value is -2.77. The van der Waals surface area contributed by atoms with Gasteiger partial charge >= 0.3 is 6.03 Å². The van der Waals surface area contributed by atoms with E-state index >= 15 is 0 Å². The molecule has 0 spiro atoms. The third kappa shape index (κ3) is 3.38. The highest BCUT2D eigenvalue weighted by Crippen LogP contribution is 2.25. The minimum atomic E-state index is -0.279. The van der Waals surface area contributed by atoms with Gasteiger partial charge in [0.15, 0.2) is 11.6 Å². The average Bonchev–Trinajstić information content (AvgIpc) is 3.32.